The molecule has 0 bridgehead atoms. The summed E-state index contributed by atoms with van der Waals surface area (Å²) in [5.41, 5.74) is 7.53. The van der Waals surface area contributed by atoms with E-state index < -0.39 is 0 Å². The minimum Gasteiger partial charge on any atom is -0.399 e. The van der Waals surface area contributed by atoms with Gasteiger partial charge in [0, 0.05) is 31.2 Å². The fourth-order valence-corrected chi connectivity index (χ4v) is 2.10. The maximum Gasteiger partial charge on any atom is 0.220 e. The van der Waals surface area contributed by atoms with Crippen molar-refractivity contribution < 1.29 is 4.79 Å². The predicted octanol–water partition coefficient (Wildman–Crippen LogP) is 1.41. The number of hydrogen-bond acceptors (Lipinski definition) is 3. The van der Waals surface area contributed by atoms with Crippen molar-refractivity contribution in [1.29, 1.82) is 0 Å². The van der Waals surface area contributed by atoms with Crippen molar-refractivity contribution >= 4 is 11.6 Å². The molecule has 4 nitrogen and oxygen atoms in total. The van der Waals surface area contributed by atoms with Crippen molar-refractivity contribution in [3.8, 4) is 0 Å². The Labute approximate surface area is 115 Å². The van der Waals surface area contributed by atoms with E-state index in [0.29, 0.717) is 6.42 Å². The number of carbonyl (C=O) groups excluding carboxylic acids is 1. The minimum absolute atomic E-state index is 0.126. The summed E-state index contributed by atoms with van der Waals surface area (Å²) in [7, 11) is 2.12. The number of amides is 1. The van der Waals surface area contributed by atoms with Gasteiger partial charge in [0.2, 0.25) is 5.91 Å². The van der Waals surface area contributed by atoms with Gasteiger partial charge in [0.25, 0.3) is 0 Å². The van der Waals surface area contributed by atoms with Crippen LogP contribution in [-0.2, 0) is 11.2 Å². The number of hydrogen-bond donors (Lipinski definition) is 2. The molecule has 1 aliphatic rings. The predicted molar refractivity (Wildman–Crippen MR) is 77.8 cm³/mol. The van der Waals surface area contributed by atoms with E-state index in [-0.39, 0.29) is 5.91 Å². The van der Waals surface area contributed by atoms with Gasteiger partial charge in [-0.05, 0) is 44.0 Å². The summed E-state index contributed by atoms with van der Waals surface area (Å²) in [6.45, 7) is 1.69. The summed E-state index contributed by atoms with van der Waals surface area (Å²) < 4.78 is 0. The highest BCUT2D eigenvalue weighted by Crippen LogP contribution is 2.24. The van der Waals surface area contributed by atoms with E-state index in [2.05, 4.69) is 17.3 Å². The van der Waals surface area contributed by atoms with Crippen LogP contribution in [0, 0.1) is 0 Å². The number of rotatable bonds is 7. The lowest BCUT2D eigenvalue weighted by atomic mass is 10.1. The van der Waals surface area contributed by atoms with Crippen LogP contribution in [0.5, 0.6) is 0 Å². The first-order valence-electron chi connectivity index (χ1n) is 6.96. The molecule has 4 heteroatoms. The smallest absolute Gasteiger partial charge is 0.220 e. The quantitative estimate of drug-likeness (QED) is 0.730. The second-order valence-corrected chi connectivity index (χ2v) is 5.30. The first-order chi connectivity index (χ1) is 9.15. The van der Waals surface area contributed by atoms with Crippen LogP contribution in [0.25, 0.3) is 0 Å². The molecular formula is C15H23N3O. The minimum atomic E-state index is 0.126. The molecule has 0 radical (unpaired) electrons. The Morgan fingerprint density at radius 1 is 1.37 bits per heavy atom. The molecule has 1 aromatic carbocycles. The van der Waals surface area contributed by atoms with Crippen LogP contribution in [0.1, 0.15) is 24.8 Å². The number of likely N-dealkylation sites (N-methyl/N-ethyl adjacent to an activating group) is 1. The van der Waals surface area contributed by atoms with E-state index in [1.165, 1.54) is 12.8 Å². The van der Waals surface area contributed by atoms with Crippen LogP contribution in [0.15, 0.2) is 24.3 Å². The normalized spacial score (nSPS) is 14.6. The van der Waals surface area contributed by atoms with Crippen molar-refractivity contribution in [2.75, 3.05) is 25.9 Å². The lowest BCUT2D eigenvalue weighted by Gasteiger charge is -2.15. The molecule has 0 atom stereocenters. The van der Waals surface area contributed by atoms with Crippen molar-refractivity contribution in [1.82, 2.24) is 10.2 Å². The van der Waals surface area contributed by atoms with Crippen LogP contribution in [0.3, 0.4) is 0 Å². The molecule has 0 saturated heterocycles. The number of carbonyl (C=O) groups is 1. The second kappa shape index (κ2) is 6.57. The van der Waals surface area contributed by atoms with Gasteiger partial charge in [0.05, 0.1) is 0 Å². The highest BCUT2D eigenvalue weighted by atomic mass is 16.1. The van der Waals surface area contributed by atoms with Crippen molar-refractivity contribution in [3.05, 3.63) is 29.8 Å². The summed E-state index contributed by atoms with van der Waals surface area (Å²) in [6.07, 6.45) is 3.92. The van der Waals surface area contributed by atoms with E-state index in [4.69, 9.17) is 5.73 Å². The van der Waals surface area contributed by atoms with Gasteiger partial charge in [-0.2, -0.15) is 0 Å². The molecule has 1 aliphatic carbocycles. The number of anilines is 1. The molecular weight excluding hydrogens is 238 g/mol. The Kier molecular flexibility index (Phi) is 4.80. The lowest BCUT2D eigenvalue weighted by Crippen LogP contribution is -2.34. The maximum absolute atomic E-state index is 11.7. The van der Waals surface area contributed by atoms with E-state index in [9.17, 15) is 4.79 Å². The molecule has 0 heterocycles. The number of nitrogens with one attached hydrogen (secondary N) is 1. The molecule has 0 unspecified atom stereocenters. The molecule has 0 spiro atoms. The van der Waals surface area contributed by atoms with Gasteiger partial charge in [-0.3, -0.25) is 4.79 Å². The third-order valence-electron chi connectivity index (χ3n) is 3.58. The monoisotopic (exact) mass is 261 g/mol. The van der Waals surface area contributed by atoms with Crippen LogP contribution in [0.2, 0.25) is 0 Å². The van der Waals surface area contributed by atoms with Crippen molar-refractivity contribution in [2.45, 2.75) is 31.7 Å². The van der Waals surface area contributed by atoms with Gasteiger partial charge in [-0.1, -0.05) is 12.1 Å². The van der Waals surface area contributed by atoms with E-state index >= 15 is 0 Å². The van der Waals surface area contributed by atoms with Crippen LogP contribution < -0.4 is 11.1 Å². The molecule has 104 valence electrons. The zero-order chi connectivity index (χ0) is 13.7. The Balaban J connectivity index is 1.60. The van der Waals surface area contributed by atoms with Gasteiger partial charge in [-0.15, -0.1) is 0 Å². The highest BCUT2D eigenvalue weighted by molar-refractivity contribution is 5.76. The zero-order valence-electron chi connectivity index (χ0n) is 11.6. The third kappa shape index (κ3) is 4.91. The van der Waals surface area contributed by atoms with Gasteiger partial charge in [0.15, 0.2) is 0 Å². The molecule has 1 saturated carbocycles. The fraction of sp³-hybridized carbons (Fsp3) is 0.533. The molecule has 1 aromatic rings. The van der Waals surface area contributed by atoms with E-state index in [1.54, 1.807) is 0 Å². The molecule has 1 amide bonds. The highest BCUT2D eigenvalue weighted by Gasteiger charge is 2.25. The summed E-state index contributed by atoms with van der Waals surface area (Å²) in [4.78, 5) is 14.0. The summed E-state index contributed by atoms with van der Waals surface area (Å²) in [5, 5.41) is 2.97. The van der Waals surface area contributed by atoms with Gasteiger partial charge < -0.3 is 16.0 Å². The zero-order valence-corrected chi connectivity index (χ0v) is 11.6. The third-order valence-corrected chi connectivity index (χ3v) is 3.58. The summed E-state index contributed by atoms with van der Waals surface area (Å²) in [6, 6.07) is 8.45. The average molecular weight is 261 g/mol. The number of nitrogen functional groups attached to an aromatic ring is 1. The maximum atomic E-state index is 11.7. The summed E-state index contributed by atoms with van der Waals surface area (Å²) >= 11 is 0. The molecule has 2 rings (SSSR count). The van der Waals surface area contributed by atoms with Crippen molar-refractivity contribution in [2.24, 2.45) is 0 Å². The number of aryl methyl sites for hydroxylation is 1. The number of nitrogens with two attached hydrogens (primary N) is 1. The Morgan fingerprint density at radius 2 is 2.05 bits per heavy atom. The Bertz CT molecular complexity index is 412. The first-order valence-corrected chi connectivity index (χ1v) is 6.96. The van der Waals surface area contributed by atoms with Crippen LogP contribution >= 0.6 is 0 Å². The first kappa shape index (κ1) is 13.9. The van der Waals surface area contributed by atoms with E-state index in [0.717, 1.165) is 36.8 Å². The van der Waals surface area contributed by atoms with Crippen LogP contribution in [-0.4, -0.2) is 37.0 Å². The van der Waals surface area contributed by atoms with Gasteiger partial charge in [0.1, 0.15) is 0 Å². The van der Waals surface area contributed by atoms with Crippen LogP contribution in [0.4, 0.5) is 5.69 Å². The molecule has 19 heavy (non-hydrogen) atoms. The lowest BCUT2D eigenvalue weighted by molar-refractivity contribution is -0.121. The van der Waals surface area contributed by atoms with E-state index in [1.807, 2.05) is 24.3 Å². The average Bonchev–Trinajstić information content (AvgIpc) is 3.22. The SMILES string of the molecule is CN(CCNC(=O)CCc1ccc(N)cc1)C1CC1. The molecule has 1 fully saturated rings. The molecule has 3 N–H and O–H groups in total. The number of benzene rings is 1. The topological polar surface area (TPSA) is 58.4 Å². The van der Waals surface area contributed by atoms with Crippen molar-refractivity contribution in [3.63, 3.8) is 0 Å². The summed E-state index contributed by atoms with van der Waals surface area (Å²) in [5.74, 6) is 0.126. The van der Waals surface area contributed by atoms with Gasteiger partial charge in [-0.25, -0.2) is 0 Å². The Hall–Kier alpha value is -1.55. The standard InChI is InChI=1S/C15H23N3O/c1-18(14-7-8-14)11-10-17-15(19)9-4-12-2-5-13(16)6-3-12/h2-3,5-6,14H,4,7-11,16H2,1H3,(H,17,19). The largest absolute Gasteiger partial charge is 0.399 e. The fourth-order valence-electron chi connectivity index (χ4n) is 2.10. The molecule has 0 aliphatic heterocycles. The number of nitrogens with zero attached hydrogens (tertiary/aromatic N) is 1. The van der Waals surface area contributed by atoms with Gasteiger partial charge >= 0.3 is 0 Å². The second-order valence-electron chi connectivity index (χ2n) is 5.30. The molecule has 0 aromatic heterocycles. The Morgan fingerprint density at radius 3 is 2.68 bits per heavy atom.